The van der Waals surface area contributed by atoms with Gasteiger partial charge < -0.3 is 9.13 Å². The standard InChI is InChI=1S/C67H41N5.C61H37N5/c1-3-16-42(17-4-1)48-38-49(43-18-5-2-6-19-43)40-50(39-48)71-61-31-15-24-46-32-34-55-53(35-37-62(71)64(55)63(46)61)47-33-36-60-58(41-47)54-27-11-12-30-59(54)72(60)67-69-65(56-28-13-22-44-20-7-9-25-51(44)56)68-66(70-67)57-29-14-23-45-21-8-10-26-52(45)57;1-2-13-38(14-3-1)39-27-31-44(32-28-39)65-55-26-12-19-42-29-33-49-47(34-36-56(65)58(49)57(42)55)43-30-35-54-52(37-43)48-22-8-9-25-53(48)66(54)61-63-59(50-23-10-17-40-15-4-6-20-45(40)50)62-60(64-61)51-24-11-18-41-16-5-7-21-46(41)51/h1-41H;1-37H. The van der Waals surface area contributed by atoms with Crippen LogP contribution in [0.25, 0.3) is 276 Å². The monoisotopic (exact) mass is 1750 g/mol. The Labute approximate surface area is 792 Å². The van der Waals surface area contributed by atoms with Gasteiger partial charge in [-0.25, -0.2) is 9.97 Å². The van der Waals surface area contributed by atoms with Gasteiger partial charge >= 0.3 is 0 Å². The highest BCUT2D eigenvalue weighted by Gasteiger charge is 2.28. The van der Waals surface area contributed by atoms with Crippen molar-refractivity contribution in [3.8, 4) is 124 Å². The van der Waals surface area contributed by atoms with Crippen LogP contribution in [0.2, 0.25) is 0 Å². The molecular weight excluding hydrogens is 1680 g/mol. The van der Waals surface area contributed by atoms with Crippen LogP contribution in [0.5, 0.6) is 0 Å². The number of aromatic nitrogens is 10. The van der Waals surface area contributed by atoms with Gasteiger partial charge in [0.1, 0.15) is 0 Å². The number of fused-ring (bicyclic) bond motifs is 10. The fourth-order valence-electron chi connectivity index (χ4n) is 22.0. The lowest BCUT2D eigenvalue weighted by atomic mass is 9.94. The zero-order valence-electron chi connectivity index (χ0n) is 74.5. The third-order valence-corrected chi connectivity index (χ3v) is 28.3. The van der Waals surface area contributed by atoms with E-state index >= 15 is 0 Å². The lowest BCUT2D eigenvalue weighted by Crippen LogP contribution is -2.06. The van der Waals surface area contributed by atoms with Gasteiger partial charge in [-0.3, -0.25) is 9.13 Å². The summed E-state index contributed by atoms with van der Waals surface area (Å²) < 4.78 is 9.33. The van der Waals surface area contributed by atoms with E-state index in [2.05, 4.69) is 491 Å². The molecule has 0 saturated heterocycles. The molecule has 10 nitrogen and oxygen atoms in total. The van der Waals surface area contributed by atoms with Gasteiger partial charge in [-0.15, -0.1) is 0 Å². The molecule has 0 radical (unpaired) electrons. The van der Waals surface area contributed by atoms with E-state index in [4.69, 9.17) is 29.9 Å². The first-order valence-electron chi connectivity index (χ1n) is 46.9. The van der Waals surface area contributed by atoms with E-state index < -0.39 is 0 Å². The maximum Gasteiger partial charge on any atom is 0.238 e. The maximum absolute atomic E-state index is 5.38. The Hall–Kier alpha value is -18.6. The molecule has 0 aliphatic rings. The molecule has 23 aromatic carbocycles. The van der Waals surface area contributed by atoms with Crippen molar-refractivity contribution in [3.63, 3.8) is 0 Å². The van der Waals surface area contributed by atoms with Crippen molar-refractivity contribution in [2.75, 3.05) is 0 Å². The van der Waals surface area contributed by atoms with Crippen LogP contribution in [0.15, 0.2) is 473 Å². The smallest absolute Gasteiger partial charge is 0.238 e. The molecule has 29 rings (SSSR count). The Bertz CT molecular complexity index is 9710. The van der Waals surface area contributed by atoms with Gasteiger partial charge in [-0.05, 0) is 211 Å². The first kappa shape index (κ1) is 78.1. The van der Waals surface area contributed by atoms with Crippen LogP contribution in [0, 0.1) is 0 Å². The largest absolute Gasteiger partial charge is 0.309 e. The highest BCUT2D eigenvalue weighted by Crippen LogP contribution is 2.49. The van der Waals surface area contributed by atoms with Gasteiger partial charge in [-0.1, -0.05) is 382 Å². The van der Waals surface area contributed by atoms with E-state index in [1.54, 1.807) is 0 Å². The predicted octanol–water partition coefficient (Wildman–Crippen LogP) is 32.9. The molecule has 0 aliphatic carbocycles. The zero-order chi connectivity index (χ0) is 90.6. The molecule has 0 saturated carbocycles. The van der Waals surface area contributed by atoms with E-state index in [1.807, 2.05) is 0 Å². The molecule has 29 aromatic rings. The van der Waals surface area contributed by atoms with E-state index in [1.165, 1.54) is 110 Å². The summed E-state index contributed by atoms with van der Waals surface area (Å²) >= 11 is 0. The normalized spacial score (nSPS) is 11.9. The van der Waals surface area contributed by atoms with Crippen molar-refractivity contribution in [2.24, 2.45) is 0 Å². The molecule has 0 fully saturated rings. The molecule has 0 amide bonds. The van der Waals surface area contributed by atoms with Crippen LogP contribution in [0.3, 0.4) is 0 Å². The third-order valence-electron chi connectivity index (χ3n) is 28.3. The molecule has 0 spiro atoms. The number of benzene rings is 23. The molecule has 0 N–H and O–H groups in total. The first-order chi connectivity index (χ1) is 68.4. The second-order valence-electron chi connectivity index (χ2n) is 35.9. The molecule has 0 unspecified atom stereocenters. The summed E-state index contributed by atoms with van der Waals surface area (Å²) in [6.45, 7) is 0. The fraction of sp³-hybridized carbons (Fsp3) is 0. The summed E-state index contributed by atoms with van der Waals surface area (Å²) in [4.78, 5) is 32.0. The predicted molar refractivity (Wildman–Crippen MR) is 573 cm³/mol. The van der Waals surface area contributed by atoms with Crippen LogP contribution in [0.4, 0.5) is 0 Å². The van der Waals surface area contributed by atoms with Crippen LogP contribution < -0.4 is 0 Å². The van der Waals surface area contributed by atoms with Gasteiger partial charge in [0.2, 0.25) is 11.9 Å². The first-order valence-corrected chi connectivity index (χ1v) is 46.9. The zero-order valence-corrected chi connectivity index (χ0v) is 74.5. The van der Waals surface area contributed by atoms with Crippen molar-refractivity contribution < 1.29 is 0 Å². The number of para-hydroxylation sites is 2. The molecule has 6 heterocycles. The Balaban J connectivity index is 0.000000137. The molecule has 138 heavy (non-hydrogen) atoms. The lowest BCUT2D eigenvalue weighted by Gasteiger charge is -2.14. The lowest BCUT2D eigenvalue weighted by molar-refractivity contribution is 0.955. The van der Waals surface area contributed by atoms with Gasteiger partial charge in [0.15, 0.2) is 23.3 Å². The van der Waals surface area contributed by atoms with Gasteiger partial charge in [0, 0.05) is 76.7 Å². The Kier molecular flexibility index (Phi) is 17.8. The molecular formula is C128H78N10. The van der Waals surface area contributed by atoms with Crippen LogP contribution in [-0.4, -0.2) is 48.2 Å². The number of rotatable bonds is 13. The van der Waals surface area contributed by atoms with Crippen molar-refractivity contribution >= 4 is 152 Å². The SMILES string of the molecule is c1ccc(-c2cc(-c3ccccc3)cc(-n3c4cccc5ccc6c(-c7ccc8c(c7)c7ccccc7n8-c7nc(-c8cccc9ccccc89)nc(-c8cccc9ccccc89)n7)ccc3c6c54)c2)cc1.c1ccc(-c2ccc(-n3c4cccc5ccc6c(-c7ccc8c(c7)c7ccccc7n8-c7nc(-c8cccc9ccccc89)nc(-c8cccc9ccccc89)n7)ccc3c6c54)cc2)cc1. The highest BCUT2D eigenvalue weighted by atomic mass is 15.2. The summed E-state index contributed by atoms with van der Waals surface area (Å²) in [7, 11) is 0. The fourth-order valence-corrected chi connectivity index (χ4v) is 22.0. The van der Waals surface area contributed by atoms with Crippen molar-refractivity contribution in [1.29, 1.82) is 0 Å². The molecule has 0 aliphatic heterocycles. The Morgan fingerprint density at radius 2 is 0.420 bits per heavy atom. The second kappa shape index (κ2) is 31.5. The van der Waals surface area contributed by atoms with E-state index in [-0.39, 0.29) is 0 Å². The number of hydrogen-bond donors (Lipinski definition) is 0. The van der Waals surface area contributed by atoms with E-state index in [0.717, 1.165) is 131 Å². The second-order valence-corrected chi connectivity index (χ2v) is 35.9. The quantitative estimate of drug-likeness (QED) is 0.107. The number of nitrogens with zero attached hydrogens (tertiary/aromatic N) is 10. The summed E-state index contributed by atoms with van der Waals surface area (Å²) in [5, 5.41) is 23.5. The summed E-state index contributed by atoms with van der Waals surface area (Å²) in [6, 6.07) is 170. The van der Waals surface area contributed by atoms with E-state index in [0.29, 0.717) is 35.2 Å². The van der Waals surface area contributed by atoms with Crippen molar-refractivity contribution in [1.82, 2.24) is 48.2 Å². The molecule has 0 atom stereocenters. The number of hydrogen-bond acceptors (Lipinski definition) is 6. The minimum atomic E-state index is 0.571. The maximum atomic E-state index is 5.38. The molecule has 10 heteroatoms. The minimum Gasteiger partial charge on any atom is -0.309 e. The third kappa shape index (κ3) is 12.6. The molecule has 6 aromatic heterocycles. The Morgan fingerprint density at radius 3 is 0.819 bits per heavy atom. The van der Waals surface area contributed by atoms with Crippen LogP contribution >= 0.6 is 0 Å². The highest BCUT2D eigenvalue weighted by molar-refractivity contribution is 6.29. The van der Waals surface area contributed by atoms with Gasteiger partial charge in [0.05, 0.1) is 44.1 Å². The average molecular weight is 1760 g/mol. The average Bonchev–Trinajstić information content (AvgIpc) is 1.62. The molecule has 640 valence electrons. The minimum absolute atomic E-state index is 0.571. The summed E-state index contributed by atoms with van der Waals surface area (Å²) in [5.74, 6) is 3.67. The summed E-state index contributed by atoms with van der Waals surface area (Å²) in [5.41, 5.74) is 26.9. The van der Waals surface area contributed by atoms with Crippen molar-refractivity contribution in [2.45, 2.75) is 0 Å². The summed E-state index contributed by atoms with van der Waals surface area (Å²) in [6.07, 6.45) is 0. The van der Waals surface area contributed by atoms with E-state index in [9.17, 15) is 0 Å². The van der Waals surface area contributed by atoms with Crippen LogP contribution in [-0.2, 0) is 0 Å². The topological polar surface area (TPSA) is 97.1 Å². The van der Waals surface area contributed by atoms with Gasteiger partial charge in [0.25, 0.3) is 0 Å². The molecule has 0 bridgehead atoms. The van der Waals surface area contributed by atoms with Gasteiger partial charge in [-0.2, -0.15) is 19.9 Å². The van der Waals surface area contributed by atoms with Crippen molar-refractivity contribution in [3.05, 3.63) is 473 Å². The van der Waals surface area contributed by atoms with Crippen LogP contribution in [0.1, 0.15) is 0 Å². The Morgan fingerprint density at radius 1 is 0.130 bits per heavy atom.